The summed E-state index contributed by atoms with van der Waals surface area (Å²) in [6.07, 6.45) is 3.72. The number of likely N-dealkylation sites (tertiary alicyclic amines) is 1. The van der Waals surface area contributed by atoms with Gasteiger partial charge in [-0.25, -0.2) is 9.78 Å². The molecule has 2 atom stereocenters. The molecule has 1 aliphatic rings. The highest BCUT2D eigenvalue weighted by atomic mass is 35.5. The maximum atomic E-state index is 13.4. The lowest BCUT2D eigenvalue weighted by atomic mass is 10.1. The number of amides is 3. The quantitative estimate of drug-likeness (QED) is 0.262. The van der Waals surface area contributed by atoms with Crippen LogP contribution in [0.25, 0.3) is 11.0 Å². The highest BCUT2D eigenvalue weighted by Gasteiger charge is 2.31. The van der Waals surface area contributed by atoms with E-state index in [0.29, 0.717) is 34.9 Å². The standard InChI is InChI=1S/C29H35Cl2N5O4S/c1-29(2,3)40-28(39)32-16-19-6-5-12-36(19)27(38)20-9-7-17(14-21(20)31)26(37)35-23(11-13-41-4)25-33-22-10-8-18(30)15-24(22)34-25/h7-10,14-15,19,23H,5-6,11-13,16H2,1-4H3,(H,32,39)(H,33,34)(H,35,37)/t19-,23-/m0/s1. The SMILES string of the molecule is CSCC[C@H](NC(=O)c1ccc(C(=O)N2CCC[C@H]2CNC(=O)OC(C)(C)C)c(Cl)c1)c1nc2cc(Cl)ccc2[nH]1. The van der Waals surface area contributed by atoms with Crippen LogP contribution in [-0.4, -0.2) is 69.5 Å². The van der Waals surface area contributed by atoms with E-state index in [1.54, 1.807) is 61.7 Å². The second kappa shape index (κ2) is 13.4. The van der Waals surface area contributed by atoms with Crippen LogP contribution < -0.4 is 10.6 Å². The van der Waals surface area contributed by atoms with Gasteiger partial charge in [0.05, 0.1) is 27.7 Å². The van der Waals surface area contributed by atoms with Gasteiger partial charge in [-0.1, -0.05) is 23.2 Å². The van der Waals surface area contributed by atoms with E-state index in [0.717, 1.165) is 29.6 Å². The number of H-pyrrole nitrogens is 1. The third kappa shape index (κ3) is 8.08. The molecule has 3 aromatic rings. The van der Waals surface area contributed by atoms with Crippen LogP contribution in [0.1, 0.15) is 72.6 Å². The summed E-state index contributed by atoms with van der Waals surface area (Å²) in [7, 11) is 0. The molecule has 1 saturated heterocycles. The molecule has 3 N–H and O–H groups in total. The number of aromatic amines is 1. The Bertz CT molecular complexity index is 1420. The smallest absolute Gasteiger partial charge is 0.407 e. The predicted octanol–water partition coefficient (Wildman–Crippen LogP) is 6.22. The Morgan fingerprint density at radius 3 is 2.68 bits per heavy atom. The number of ether oxygens (including phenoxy) is 1. The average molecular weight is 621 g/mol. The maximum absolute atomic E-state index is 13.4. The molecular formula is C29H35Cl2N5O4S. The number of hydrogen-bond acceptors (Lipinski definition) is 6. The second-order valence-electron chi connectivity index (χ2n) is 11.0. The number of thioether (sulfide) groups is 1. The van der Waals surface area contributed by atoms with Crippen LogP contribution in [0.2, 0.25) is 10.0 Å². The van der Waals surface area contributed by atoms with Gasteiger partial charge in [0.1, 0.15) is 11.4 Å². The minimum Gasteiger partial charge on any atom is -0.444 e. The van der Waals surface area contributed by atoms with Gasteiger partial charge in [-0.2, -0.15) is 11.8 Å². The number of nitrogens with zero attached hydrogens (tertiary/aromatic N) is 2. The summed E-state index contributed by atoms with van der Waals surface area (Å²) in [5.74, 6) is 0.893. The third-order valence-corrected chi connectivity index (χ3v) is 7.88. The molecule has 1 aliphatic heterocycles. The van der Waals surface area contributed by atoms with Crippen LogP contribution in [-0.2, 0) is 4.74 Å². The fourth-order valence-electron chi connectivity index (χ4n) is 4.73. The van der Waals surface area contributed by atoms with Crippen LogP contribution in [0.3, 0.4) is 0 Å². The zero-order chi connectivity index (χ0) is 29.7. The molecule has 1 fully saturated rings. The lowest BCUT2D eigenvalue weighted by molar-refractivity contribution is 0.0501. The molecule has 1 aromatic heterocycles. The molecule has 0 saturated carbocycles. The Kier molecular flexibility index (Phi) is 10.1. The fraction of sp³-hybridized carbons (Fsp3) is 0.448. The van der Waals surface area contributed by atoms with Crippen molar-refractivity contribution in [3.05, 3.63) is 63.4 Å². The molecule has 0 bridgehead atoms. The average Bonchev–Trinajstić information content (AvgIpc) is 3.55. The zero-order valence-electron chi connectivity index (χ0n) is 23.6. The zero-order valence-corrected chi connectivity index (χ0v) is 25.9. The number of fused-ring (bicyclic) bond motifs is 1. The molecule has 0 radical (unpaired) electrons. The highest BCUT2D eigenvalue weighted by Crippen LogP contribution is 2.26. The number of nitrogens with one attached hydrogen (secondary N) is 3. The van der Waals surface area contributed by atoms with E-state index < -0.39 is 11.7 Å². The Hall–Kier alpha value is -2.95. The number of rotatable bonds is 9. The van der Waals surface area contributed by atoms with E-state index in [4.69, 9.17) is 27.9 Å². The molecule has 0 aliphatic carbocycles. The van der Waals surface area contributed by atoms with Crippen molar-refractivity contribution in [1.82, 2.24) is 25.5 Å². The first-order chi connectivity index (χ1) is 19.4. The molecule has 0 spiro atoms. The van der Waals surface area contributed by atoms with Crippen LogP contribution in [0, 0.1) is 0 Å². The van der Waals surface area contributed by atoms with Gasteiger partial charge >= 0.3 is 6.09 Å². The van der Waals surface area contributed by atoms with E-state index in [-0.39, 0.29) is 35.5 Å². The lowest BCUT2D eigenvalue weighted by Gasteiger charge is -2.26. The van der Waals surface area contributed by atoms with Gasteiger partial charge in [0, 0.05) is 29.7 Å². The van der Waals surface area contributed by atoms with Gasteiger partial charge in [0.25, 0.3) is 11.8 Å². The normalized spacial score (nSPS) is 16.0. The number of benzene rings is 2. The molecule has 2 aromatic carbocycles. The number of hydrogen-bond donors (Lipinski definition) is 3. The third-order valence-electron chi connectivity index (χ3n) is 6.69. The molecule has 4 rings (SSSR count). The van der Waals surface area contributed by atoms with Gasteiger partial charge in [-0.3, -0.25) is 9.59 Å². The molecule has 12 heteroatoms. The van der Waals surface area contributed by atoms with Crippen molar-refractivity contribution in [1.29, 1.82) is 0 Å². The minimum atomic E-state index is -0.605. The van der Waals surface area contributed by atoms with E-state index in [2.05, 4.69) is 20.6 Å². The maximum Gasteiger partial charge on any atom is 0.407 e. The summed E-state index contributed by atoms with van der Waals surface area (Å²) in [5.41, 5.74) is 1.60. The van der Waals surface area contributed by atoms with Gasteiger partial charge in [-0.05, 0) is 88.4 Å². The minimum absolute atomic E-state index is 0.176. The summed E-state index contributed by atoms with van der Waals surface area (Å²) in [6, 6.07) is 9.58. The largest absolute Gasteiger partial charge is 0.444 e. The van der Waals surface area contributed by atoms with Crippen molar-refractivity contribution in [2.75, 3.05) is 25.1 Å². The molecule has 3 amide bonds. The van der Waals surface area contributed by atoms with Crippen molar-refractivity contribution in [3.8, 4) is 0 Å². The van der Waals surface area contributed by atoms with E-state index in [1.165, 1.54) is 6.07 Å². The summed E-state index contributed by atoms with van der Waals surface area (Å²) in [6.45, 7) is 6.22. The van der Waals surface area contributed by atoms with E-state index >= 15 is 0 Å². The fourth-order valence-corrected chi connectivity index (χ4v) is 5.63. The molecule has 220 valence electrons. The van der Waals surface area contributed by atoms with Crippen molar-refractivity contribution in [2.45, 2.75) is 57.7 Å². The Morgan fingerprint density at radius 2 is 1.98 bits per heavy atom. The van der Waals surface area contributed by atoms with Crippen LogP contribution >= 0.6 is 35.0 Å². The number of carbonyl (C=O) groups is 3. The van der Waals surface area contributed by atoms with Gasteiger partial charge in [0.2, 0.25) is 0 Å². The van der Waals surface area contributed by atoms with Crippen LogP contribution in [0.4, 0.5) is 4.79 Å². The molecule has 2 heterocycles. The predicted molar refractivity (Wildman–Crippen MR) is 164 cm³/mol. The highest BCUT2D eigenvalue weighted by molar-refractivity contribution is 7.98. The molecule has 41 heavy (non-hydrogen) atoms. The molecule has 9 nitrogen and oxygen atoms in total. The van der Waals surface area contributed by atoms with Crippen molar-refractivity contribution >= 4 is 63.9 Å². The summed E-state index contributed by atoms with van der Waals surface area (Å²) < 4.78 is 5.30. The summed E-state index contributed by atoms with van der Waals surface area (Å²) in [5, 5.41) is 6.59. The topological polar surface area (TPSA) is 116 Å². The Balaban J connectivity index is 1.44. The Labute approximate surface area is 254 Å². The lowest BCUT2D eigenvalue weighted by Crippen LogP contribution is -2.44. The molecular weight excluding hydrogens is 585 g/mol. The first-order valence-electron chi connectivity index (χ1n) is 13.5. The van der Waals surface area contributed by atoms with Crippen molar-refractivity contribution < 1.29 is 19.1 Å². The first kappa shape index (κ1) is 31.0. The number of halogens is 2. The summed E-state index contributed by atoms with van der Waals surface area (Å²) in [4.78, 5) is 48.4. The van der Waals surface area contributed by atoms with E-state index in [1.807, 2.05) is 12.3 Å². The van der Waals surface area contributed by atoms with Crippen molar-refractivity contribution in [3.63, 3.8) is 0 Å². The monoisotopic (exact) mass is 619 g/mol. The number of alkyl carbamates (subject to hydrolysis) is 1. The first-order valence-corrected chi connectivity index (χ1v) is 15.6. The van der Waals surface area contributed by atoms with Crippen LogP contribution in [0.5, 0.6) is 0 Å². The van der Waals surface area contributed by atoms with Gasteiger partial charge < -0.3 is 25.3 Å². The number of aromatic nitrogens is 2. The summed E-state index contributed by atoms with van der Waals surface area (Å²) >= 11 is 14.3. The van der Waals surface area contributed by atoms with Gasteiger partial charge in [-0.15, -0.1) is 0 Å². The number of carbonyl (C=O) groups excluding carboxylic acids is 3. The Morgan fingerprint density at radius 1 is 1.20 bits per heavy atom. The van der Waals surface area contributed by atoms with Crippen LogP contribution in [0.15, 0.2) is 36.4 Å². The molecule has 0 unspecified atom stereocenters. The van der Waals surface area contributed by atoms with Crippen molar-refractivity contribution in [2.24, 2.45) is 0 Å². The van der Waals surface area contributed by atoms with Gasteiger partial charge in [0.15, 0.2) is 0 Å². The van der Waals surface area contributed by atoms with E-state index in [9.17, 15) is 14.4 Å². The second-order valence-corrected chi connectivity index (χ2v) is 12.8. The number of imidazole rings is 1.